The number of rotatable bonds is 3. The number of carbonyl (C=O) groups excluding carboxylic acids is 1. The first-order chi connectivity index (χ1) is 10.7. The van der Waals surface area contributed by atoms with Crippen LogP contribution in [-0.4, -0.2) is 18.4 Å². The molecule has 0 bridgehead atoms. The lowest BCUT2D eigenvalue weighted by Gasteiger charge is -2.08. The Hall–Kier alpha value is -2.77. The van der Waals surface area contributed by atoms with Crippen LogP contribution in [0.4, 0.5) is 0 Å². The smallest absolute Gasteiger partial charge is 0.152 e. The van der Waals surface area contributed by atoms with Crippen LogP contribution in [0.3, 0.4) is 0 Å². The molecule has 0 aliphatic heterocycles. The molecule has 5 heteroatoms. The summed E-state index contributed by atoms with van der Waals surface area (Å²) >= 11 is 6.06. The van der Waals surface area contributed by atoms with E-state index in [4.69, 9.17) is 21.6 Å². The summed E-state index contributed by atoms with van der Waals surface area (Å²) in [4.78, 5) is 14.8. The topological polar surface area (TPSA) is 65.9 Å². The van der Waals surface area contributed by atoms with Gasteiger partial charge in [0.05, 0.1) is 24.4 Å². The number of aromatic amines is 1. The van der Waals surface area contributed by atoms with Crippen molar-refractivity contribution in [1.29, 1.82) is 5.26 Å². The van der Waals surface area contributed by atoms with Crippen LogP contribution in [0.2, 0.25) is 5.02 Å². The van der Waals surface area contributed by atoms with E-state index in [1.54, 1.807) is 43.5 Å². The maximum absolute atomic E-state index is 11.6. The number of hydrogen-bond acceptors (Lipinski definition) is 3. The van der Waals surface area contributed by atoms with Crippen molar-refractivity contribution < 1.29 is 9.53 Å². The van der Waals surface area contributed by atoms with Gasteiger partial charge in [0, 0.05) is 27.1 Å². The van der Waals surface area contributed by atoms with Crippen LogP contribution >= 0.6 is 11.6 Å². The molecule has 108 valence electrons. The molecule has 0 atom stereocenters. The van der Waals surface area contributed by atoms with Crippen molar-refractivity contribution in [3.05, 3.63) is 52.5 Å². The van der Waals surface area contributed by atoms with Gasteiger partial charge in [-0.05, 0) is 36.4 Å². The van der Waals surface area contributed by atoms with E-state index in [0.717, 1.165) is 11.8 Å². The molecule has 3 aromatic rings. The number of ether oxygens (including phenoxy) is 1. The third-order valence-electron chi connectivity index (χ3n) is 3.52. The van der Waals surface area contributed by atoms with Crippen LogP contribution in [0.25, 0.3) is 22.2 Å². The van der Waals surface area contributed by atoms with Gasteiger partial charge in [0.25, 0.3) is 0 Å². The number of halogens is 1. The van der Waals surface area contributed by atoms with Crippen LogP contribution in [0.1, 0.15) is 15.9 Å². The molecule has 0 unspecified atom stereocenters. The van der Waals surface area contributed by atoms with Gasteiger partial charge < -0.3 is 9.72 Å². The normalized spacial score (nSPS) is 10.4. The first kappa shape index (κ1) is 14.2. The lowest BCUT2D eigenvalue weighted by Crippen LogP contribution is -1.91. The summed E-state index contributed by atoms with van der Waals surface area (Å²) in [5.74, 6) is 0.611. The Labute approximate surface area is 131 Å². The summed E-state index contributed by atoms with van der Waals surface area (Å²) in [6.45, 7) is 0. The molecule has 3 rings (SSSR count). The second kappa shape index (κ2) is 5.55. The maximum atomic E-state index is 11.6. The lowest BCUT2D eigenvalue weighted by atomic mass is 10.0. The second-order valence-electron chi connectivity index (χ2n) is 4.75. The number of methoxy groups -OCH3 is 1. The number of fused-ring (bicyclic) bond motifs is 1. The van der Waals surface area contributed by atoms with Crippen molar-refractivity contribution in [2.24, 2.45) is 0 Å². The van der Waals surface area contributed by atoms with Gasteiger partial charge in [0.1, 0.15) is 5.75 Å². The highest BCUT2D eigenvalue weighted by Gasteiger charge is 2.16. The quantitative estimate of drug-likeness (QED) is 0.738. The number of aldehydes is 1. The summed E-state index contributed by atoms with van der Waals surface area (Å²) < 4.78 is 5.35. The molecule has 0 aliphatic carbocycles. The average molecular weight is 311 g/mol. The molecule has 0 spiro atoms. The molecule has 1 heterocycles. The minimum atomic E-state index is 0.479. The van der Waals surface area contributed by atoms with Crippen molar-refractivity contribution in [2.75, 3.05) is 7.11 Å². The average Bonchev–Trinajstić information content (AvgIpc) is 2.92. The largest absolute Gasteiger partial charge is 0.496 e. The highest BCUT2D eigenvalue weighted by Crippen LogP contribution is 2.36. The highest BCUT2D eigenvalue weighted by molar-refractivity contribution is 6.31. The van der Waals surface area contributed by atoms with E-state index in [0.29, 0.717) is 38.5 Å². The molecule has 1 aromatic heterocycles. The van der Waals surface area contributed by atoms with E-state index in [1.165, 1.54) is 0 Å². The molecule has 0 saturated carbocycles. The van der Waals surface area contributed by atoms with Crippen LogP contribution in [0, 0.1) is 11.3 Å². The summed E-state index contributed by atoms with van der Waals surface area (Å²) in [6.07, 6.45) is 0.773. The van der Waals surface area contributed by atoms with Gasteiger partial charge in [-0.3, -0.25) is 4.79 Å². The Morgan fingerprint density at radius 3 is 2.77 bits per heavy atom. The Morgan fingerprint density at radius 1 is 1.27 bits per heavy atom. The fraction of sp³-hybridized carbons (Fsp3) is 0.0588. The number of aromatic nitrogens is 1. The van der Waals surface area contributed by atoms with Gasteiger partial charge in [-0.15, -0.1) is 0 Å². The Bertz CT molecular complexity index is 922. The van der Waals surface area contributed by atoms with Gasteiger partial charge in [-0.25, -0.2) is 0 Å². The number of nitrogens with one attached hydrogen (secondary N) is 1. The number of carbonyl (C=O) groups is 1. The van der Waals surface area contributed by atoms with Crippen LogP contribution < -0.4 is 4.74 Å². The van der Waals surface area contributed by atoms with Crippen molar-refractivity contribution >= 4 is 28.8 Å². The summed E-state index contributed by atoms with van der Waals surface area (Å²) in [6, 6.07) is 12.5. The van der Waals surface area contributed by atoms with Crippen molar-refractivity contribution in [2.45, 2.75) is 0 Å². The van der Waals surface area contributed by atoms with Crippen molar-refractivity contribution in [1.82, 2.24) is 4.98 Å². The minimum Gasteiger partial charge on any atom is -0.496 e. The number of nitriles is 1. The number of hydrogen-bond donors (Lipinski definition) is 1. The molecule has 0 radical (unpaired) electrons. The molecule has 22 heavy (non-hydrogen) atoms. The second-order valence-corrected chi connectivity index (χ2v) is 5.18. The first-order valence-electron chi connectivity index (χ1n) is 6.53. The third-order valence-corrected chi connectivity index (χ3v) is 3.75. The molecule has 0 fully saturated rings. The van der Waals surface area contributed by atoms with E-state index < -0.39 is 0 Å². The van der Waals surface area contributed by atoms with Crippen LogP contribution in [0.5, 0.6) is 5.75 Å². The standard InChI is InChI=1S/C17H11ClN2O2/c1-22-16-5-3-11(18)7-13(16)17-14(9-21)12-6-10(8-19)2-4-15(12)20-17/h2-7,9,20H,1H3. The summed E-state index contributed by atoms with van der Waals surface area (Å²) in [5, 5.41) is 10.3. The van der Waals surface area contributed by atoms with Crippen molar-refractivity contribution in [3.63, 3.8) is 0 Å². The van der Waals surface area contributed by atoms with E-state index in [1.807, 2.05) is 0 Å². The van der Waals surface area contributed by atoms with Gasteiger partial charge >= 0.3 is 0 Å². The minimum absolute atomic E-state index is 0.479. The molecule has 1 N–H and O–H groups in total. The SMILES string of the molecule is COc1ccc(Cl)cc1-c1[nH]c2ccc(C#N)cc2c1C=O. The number of benzene rings is 2. The molecule has 0 amide bonds. The summed E-state index contributed by atoms with van der Waals surface area (Å²) in [7, 11) is 1.56. The van der Waals surface area contributed by atoms with Gasteiger partial charge in [0.2, 0.25) is 0 Å². The first-order valence-corrected chi connectivity index (χ1v) is 6.90. The fourth-order valence-electron chi connectivity index (χ4n) is 2.49. The van der Waals surface area contributed by atoms with Crippen LogP contribution in [0.15, 0.2) is 36.4 Å². The van der Waals surface area contributed by atoms with E-state index >= 15 is 0 Å². The lowest BCUT2D eigenvalue weighted by molar-refractivity contribution is 0.112. The van der Waals surface area contributed by atoms with Gasteiger partial charge in [-0.1, -0.05) is 11.6 Å². The van der Waals surface area contributed by atoms with E-state index in [2.05, 4.69) is 11.1 Å². The number of H-pyrrole nitrogens is 1. The Balaban J connectivity index is 2.34. The highest BCUT2D eigenvalue weighted by atomic mass is 35.5. The molecule has 2 aromatic carbocycles. The van der Waals surface area contributed by atoms with E-state index in [9.17, 15) is 4.79 Å². The fourth-order valence-corrected chi connectivity index (χ4v) is 2.66. The van der Waals surface area contributed by atoms with E-state index in [-0.39, 0.29) is 0 Å². The number of nitrogens with zero attached hydrogens (tertiary/aromatic N) is 1. The van der Waals surface area contributed by atoms with Crippen molar-refractivity contribution in [3.8, 4) is 23.1 Å². The summed E-state index contributed by atoms with van der Waals surface area (Å²) in [5.41, 5.74) is 3.08. The monoisotopic (exact) mass is 310 g/mol. The maximum Gasteiger partial charge on any atom is 0.152 e. The zero-order valence-electron chi connectivity index (χ0n) is 11.7. The third kappa shape index (κ3) is 2.22. The molecular formula is C17H11ClN2O2. The molecule has 0 saturated heterocycles. The molecule has 0 aliphatic rings. The Morgan fingerprint density at radius 2 is 2.09 bits per heavy atom. The van der Waals surface area contributed by atoms with Crippen LogP contribution in [-0.2, 0) is 0 Å². The predicted octanol–water partition coefficient (Wildman–Crippen LogP) is 4.18. The van der Waals surface area contributed by atoms with Gasteiger partial charge in [-0.2, -0.15) is 5.26 Å². The van der Waals surface area contributed by atoms with Gasteiger partial charge in [0.15, 0.2) is 6.29 Å². The zero-order valence-corrected chi connectivity index (χ0v) is 12.4. The Kier molecular flexibility index (Phi) is 3.58. The zero-order chi connectivity index (χ0) is 15.7. The predicted molar refractivity (Wildman–Crippen MR) is 85.4 cm³/mol. The molecule has 4 nitrogen and oxygen atoms in total. The molecular weight excluding hydrogens is 300 g/mol.